The summed E-state index contributed by atoms with van der Waals surface area (Å²) >= 11 is 3.18. The largest absolute Gasteiger partial charge is 0.368 e. The summed E-state index contributed by atoms with van der Waals surface area (Å²) in [5, 5.41) is 19.2. The van der Waals surface area contributed by atoms with Gasteiger partial charge < -0.3 is 4.90 Å². The summed E-state index contributed by atoms with van der Waals surface area (Å²) in [5.74, 6) is 2.37. The van der Waals surface area contributed by atoms with Crippen LogP contribution in [0, 0.1) is 11.3 Å². The molecule has 0 radical (unpaired) electrons. The molecule has 34 heavy (non-hydrogen) atoms. The Hall–Kier alpha value is -2.27. The second-order valence-electron chi connectivity index (χ2n) is 9.12. The van der Waals surface area contributed by atoms with Gasteiger partial charge in [0.2, 0.25) is 10.0 Å². The van der Waals surface area contributed by atoms with Gasteiger partial charge in [0.15, 0.2) is 10.8 Å². The average molecular weight is 520 g/mol. The molecule has 2 saturated carbocycles. The first-order chi connectivity index (χ1) is 16.4. The van der Waals surface area contributed by atoms with E-state index in [0.29, 0.717) is 28.7 Å². The Morgan fingerprint density at radius 2 is 1.97 bits per heavy atom. The number of pyridine rings is 1. The molecule has 6 rings (SSSR count). The van der Waals surface area contributed by atoms with Gasteiger partial charge in [0.05, 0.1) is 29.0 Å². The van der Waals surface area contributed by atoms with Crippen molar-refractivity contribution in [3.8, 4) is 16.9 Å². The minimum absolute atomic E-state index is 0.0626. The van der Waals surface area contributed by atoms with Gasteiger partial charge in [-0.05, 0) is 31.7 Å². The van der Waals surface area contributed by atoms with Crippen LogP contribution in [0.15, 0.2) is 23.4 Å². The lowest BCUT2D eigenvalue weighted by atomic mass is 10.1. The number of alkyl halides is 1. The number of rotatable bonds is 7. The summed E-state index contributed by atoms with van der Waals surface area (Å²) in [6.07, 6.45) is 5.76. The summed E-state index contributed by atoms with van der Waals surface area (Å²) in [6.45, 7) is 0.856. The summed E-state index contributed by atoms with van der Waals surface area (Å²) in [4.78, 5) is 6.80. The molecular weight excluding hydrogens is 497 g/mol. The van der Waals surface area contributed by atoms with Gasteiger partial charge in [0, 0.05) is 30.8 Å². The first kappa shape index (κ1) is 22.2. The van der Waals surface area contributed by atoms with Crippen LogP contribution in [-0.4, -0.2) is 64.8 Å². The summed E-state index contributed by atoms with van der Waals surface area (Å²) in [5.41, 5.74) is -0.00130. The van der Waals surface area contributed by atoms with Gasteiger partial charge in [-0.25, -0.2) is 22.5 Å². The van der Waals surface area contributed by atoms with E-state index in [0.717, 1.165) is 48.6 Å². The number of aromatic nitrogens is 4. The first-order valence-corrected chi connectivity index (χ1v) is 14.5. The van der Waals surface area contributed by atoms with Gasteiger partial charge in [-0.2, -0.15) is 17.0 Å². The number of anilines is 1. The van der Waals surface area contributed by atoms with Gasteiger partial charge in [-0.15, -0.1) is 10.2 Å². The zero-order chi connectivity index (χ0) is 23.6. The van der Waals surface area contributed by atoms with Crippen LogP contribution in [0.25, 0.3) is 16.3 Å². The maximum absolute atomic E-state index is 13.5. The lowest BCUT2D eigenvalue weighted by Gasteiger charge is -2.29. The Kier molecular flexibility index (Phi) is 5.14. The molecule has 0 amide bonds. The molecular formula is C21H22FN7O2S3. The number of hydrogen-bond donors (Lipinski definition) is 1. The molecule has 2 aliphatic carbocycles. The molecule has 3 aromatic rings. The van der Waals surface area contributed by atoms with Crippen molar-refractivity contribution < 1.29 is 12.8 Å². The number of nitrogens with one attached hydrogen (secondary N) is 1. The van der Waals surface area contributed by atoms with Crippen molar-refractivity contribution in [2.24, 2.45) is 0 Å². The third kappa shape index (κ3) is 3.67. The second kappa shape index (κ2) is 7.87. The number of halogens is 1. The van der Waals surface area contributed by atoms with Crippen LogP contribution >= 0.6 is 23.1 Å². The Balaban J connectivity index is 1.48. The van der Waals surface area contributed by atoms with Crippen molar-refractivity contribution in [1.29, 1.82) is 5.26 Å². The highest BCUT2D eigenvalue weighted by Crippen LogP contribution is 2.49. The molecule has 0 bridgehead atoms. The summed E-state index contributed by atoms with van der Waals surface area (Å²) < 4.78 is 44.4. The smallest absolute Gasteiger partial charge is 0.242 e. The Bertz CT molecular complexity index is 1410. The van der Waals surface area contributed by atoms with Gasteiger partial charge in [-0.1, -0.05) is 11.3 Å². The highest BCUT2D eigenvalue weighted by molar-refractivity contribution is 7.99. The van der Waals surface area contributed by atoms with E-state index in [9.17, 15) is 18.1 Å². The number of thioether (sulfide) groups is 1. The monoisotopic (exact) mass is 519 g/mol. The molecule has 3 fully saturated rings. The van der Waals surface area contributed by atoms with E-state index in [1.807, 2.05) is 11.8 Å². The zero-order valence-corrected chi connectivity index (χ0v) is 20.6. The Labute approximate surface area is 204 Å². The number of fused-ring (bicyclic) bond motifs is 1. The van der Waals surface area contributed by atoms with Gasteiger partial charge in [0.25, 0.3) is 0 Å². The molecule has 1 saturated heterocycles. The predicted molar refractivity (Wildman–Crippen MR) is 128 cm³/mol. The van der Waals surface area contributed by atoms with Crippen molar-refractivity contribution in [2.45, 2.75) is 41.5 Å². The van der Waals surface area contributed by atoms with Crippen LogP contribution < -0.4 is 9.62 Å². The minimum Gasteiger partial charge on any atom is -0.368 e. The van der Waals surface area contributed by atoms with E-state index in [-0.39, 0.29) is 4.90 Å². The van der Waals surface area contributed by atoms with E-state index >= 15 is 0 Å². The van der Waals surface area contributed by atoms with Crippen molar-refractivity contribution >= 4 is 44.3 Å². The normalized spacial score (nSPS) is 20.9. The first-order valence-electron chi connectivity index (χ1n) is 11.1. The van der Waals surface area contributed by atoms with E-state index in [2.05, 4.69) is 30.9 Å². The fourth-order valence-electron chi connectivity index (χ4n) is 4.18. The molecule has 0 unspecified atom stereocenters. The van der Waals surface area contributed by atoms with Crippen molar-refractivity contribution in [3.63, 3.8) is 0 Å². The number of sulfonamides is 1. The topological polar surface area (TPSA) is 116 Å². The molecule has 1 aliphatic heterocycles. The third-order valence-corrected chi connectivity index (χ3v) is 10.3. The van der Waals surface area contributed by atoms with E-state index in [1.165, 1.54) is 17.5 Å². The third-order valence-electron chi connectivity index (χ3n) is 6.71. The molecule has 0 spiro atoms. The van der Waals surface area contributed by atoms with E-state index < -0.39 is 27.7 Å². The van der Waals surface area contributed by atoms with Gasteiger partial charge >= 0.3 is 0 Å². The number of nitrogens with zero attached hydrogens (tertiary/aromatic N) is 6. The highest BCUT2D eigenvalue weighted by atomic mass is 32.2. The Morgan fingerprint density at radius 1 is 1.21 bits per heavy atom. The number of nitriles is 1. The van der Waals surface area contributed by atoms with Crippen LogP contribution in [-0.2, 0) is 15.4 Å². The number of hydrogen-bond acceptors (Lipinski definition) is 9. The molecule has 13 heteroatoms. The molecule has 9 nitrogen and oxygen atoms in total. The minimum atomic E-state index is -3.96. The lowest BCUT2D eigenvalue weighted by molar-refractivity contribution is 0.393. The van der Waals surface area contributed by atoms with Crippen molar-refractivity contribution in [2.75, 3.05) is 36.2 Å². The lowest BCUT2D eigenvalue weighted by Crippen LogP contribution is -2.38. The van der Waals surface area contributed by atoms with Crippen molar-refractivity contribution in [3.05, 3.63) is 23.5 Å². The highest BCUT2D eigenvalue weighted by Gasteiger charge is 2.48. The van der Waals surface area contributed by atoms with Crippen LogP contribution in [0.2, 0.25) is 0 Å². The quantitative estimate of drug-likeness (QED) is 0.507. The molecule has 1 N–H and O–H groups in total. The molecule has 3 aromatic heterocycles. The van der Waals surface area contributed by atoms with Crippen LogP contribution in [0.1, 0.15) is 30.7 Å². The van der Waals surface area contributed by atoms with E-state index in [4.69, 9.17) is 0 Å². The van der Waals surface area contributed by atoms with Crippen LogP contribution in [0.5, 0.6) is 0 Å². The SMILES string of the molecule is N#CC1(c2nnc(-c3ncc4c(N5CCSCC5)cc(S(=O)(=O)NC5(CF)CC5)cn34)s2)CC1. The van der Waals surface area contributed by atoms with Crippen LogP contribution in [0.3, 0.4) is 0 Å². The molecule has 0 aromatic carbocycles. The zero-order valence-electron chi connectivity index (χ0n) is 18.2. The summed E-state index contributed by atoms with van der Waals surface area (Å²) in [7, 11) is -3.96. The second-order valence-corrected chi connectivity index (χ2v) is 13.0. The van der Waals surface area contributed by atoms with Crippen LogP contribution in [0.4, 0.5) is 10.1 Å². The van der Waals surface area contributed by atoms with Crippen molar-refractivity contribution in [1.82, 2.24) is 24.3 Å². The number of imidazole rings is 1. The maximum atomic E-state index is 13.5. The van der Waals surface area contributed by atoms with Gasteiger partial charge in [0.1, 0.15) is 22.0 Å². The van der Waals surface area contributed by atoms with Gasteiger partial charge in [-0.3, -0.25) is 4.40 Å². The molecule has 4 heterocycles. The van der Waals surface area contributed by atoms with E-state index in [1.54, 1.807) is 16.7 Å². The average Bonchev–Trinajstić information content (AvgIpc) is 3.71. The standard InChI is InChI=1S/C21H22FN7O2S3/c22-12-21(3-4-21)27-34(30,31)14-9-15(28-5-7-32-8-6-28)16-10-24-17(29(16)11-14)18-25-26-19(33-18)20(13-23)1-2-20/h9-11,27H,1-8,12H2. The molecule has 3 aliphatic rings. The fraction of sp³-hybridized carbons (Fsp3) is 0.524. The molecule has 0 atom stereocenters. The fourth-order valence-corrected chi connectivity index (χ4v) is 7.57. The predicted octanol–water partition coefficient (Wildman–Crippen LogP) is 2.74. The molecule has 178 valence electrons. The Morgan fingerprint density at radius 3 is 2.62 bits per heavy atom. The maximum Gasteiger partial charge on any atom is 0.242 e. The summed E-state index contributed by atoms with van der Waals surface area (Å²) in [6, 6.07) is 3.99.